The summed E-state index contributed by atoms with van der Waals surface area (Å²) in [7, 11) is -9.77. The Labute approximate surface area is 191 Å². The molecular weight excluding hydrogens is 466 g/mol. The number of hydrogen-bond donors (Lipinski definition) is 2. The third-order valence-corrected chi connectivity index (χ3v) is 5.34. The molecule has 0 fully saturated rings. The quantitative estimate of drug-likeness (QED) is 0.364. The van der Waals surface area contributed by atoms with Crippen molar-refractivity contribution in [3.8, 4) is 0 Å². The molecule has 10 nitrogen and oxygen atoms in total. The zero-order chi connectivity index (χ0) is 20.0. The van der Waals surface area contributed by atoms with E-state index in [4.69, 9.17) is 23.2 Å². The van der Waals surface area contributed by atoms with E-state index in [1.165, 1.54) is 18.2 Å². The molecule has 0 aliphatic carbocycles. The maximum Gasteiger partial charge on any atom is 1.00 e. The molecule has 0 saturated heterocycles. The van der Waals surface area contributed by atoms with E-state index in [1.54, 1.807) is 0 Å². The summed E-state index contributed by atoms with van der Waals surface area (Å²) in [5.74, 6) is -0.0356. The zero-order valence-electron chi connectivity index (χ0n) is 13.8. The van der Waals surface area contributed by atoms with Crippen molar-refractivity contribution in [3.05, 3.63) is 40.9 Å². The van der Waals surface area contributed by atoms with Gasteiger partial charge in [-0.2, -0.15) is 23.4 Å². The molecule has 0 bridgehead atoms. The van der Waals surface area contributed by atoms with Crippen LogP contribution >= 0.6 is 23.2 Å². The molecule has 0 aliphatic heterocycles. The molecule has 142 valence electrons. The van der Waals surface area contributed by atoms with E-state index in [2.05, 4.69) is 20.3 Å². The SMILES string of the molecule is O=S(=O)([O-])c1cc(S(=O)(=O)O)c2cc(Nc3nc(Cl)nc(Cl)n3)ccc2c1.[Na+]. The molecule has 0 atom stereocenters. The minimum Gasteiger partial charge on any atom is -0.744 e. The van der Waals surface area contributed by atoms with Gasteiger partial charge in [-0.15, -0.1) is 0 Å². The summed E-state index contributed by atoms with van der Waals surface area (Å²) in [5.41, 5.74) is 0.267. The van der Waals surface area contributed by atoms with Gasteiger partial charge in [-0.1, -0.05) is 6.07 Å². The molecule has 0 aliphatic rings. The zero-order valence-corrected chi connectivity index (χ0v) is 18.9. The number of rotatable bonds is 4. The van der Waals surface area contributed by atoms with E-state index in [0.717, 1.165) is 6.07 Å². The average molecular weight is 473 g/mol. The van der Waals surface area contributed by atoms with Gasteiger partial charge in [0.1, 0.15) is 15.0 Å². The topological polar surface area (TPSA) is 162 Å². The smallest absolute Gasteiger partial charge is 0.744 e. The van der Waals surface area contributed by atoms with Crippen LogP contribution in [0, 0.1) is 0 Å². The first-order chi connectivity index (χ1) is 12.4. The average Bonchev–Trinajstić information content (AvgIpc) is 2.51. The maximum atomic E-state index is 11.7. The van der Waals surface area contributed by atoms with Crippen LogP contribution in [0.4, 0.5) is 11.6 Å². The normalized spacial score (nSPS) is 11.9. The van der Waals surface area contributed by atoms with Gasteiger partial charge in [0.15, 0.2) is 0 Å². The fourth-order valence-electron chi connectivity index (χ4n) is 2.24. The molecule has 0 spiro atoms. The van der Waals surface area contributed by atoms with Crippen molar-refractivity contribution in [2.75, 3.05) is 5.32 Å². The van der Waals surface area contributed by atoms with Gasteiger partial charge < -0.3 is 9.87 Å². The molecular formula is C13H7Cl2N4NaO6S2. The molecule has 2 aromatic carbocycles. The second kappa shape index (κ2) is 8.34. The number of hydrogen-bond acceptors (Lipinski definition) is 9. The third-order valence-electron chi connectivity index (χ3n) is 3.29. The first-order valence-electron chi connectivity index (χ1n) is 6.79. The Morgan fingerprint density at radius 1 is 0.964 bits per heavy atom. The van der Waals surface area contributed by atoms with Crippen LogP contribution in [0.2, 0.25) is 10.6 Å². The Kier molecular flexibility index (Phi) is 6.91. The number of fused-ring (bicyclic) bond motifs is 1. The van der Waals surface area contributed by atoms with Crippen LogP contribution in [-0.2, 0) is 20.2 Å². The van der Waals surface area contributed by atoms with Crippen molar-refractivity contribution in [3.63, 3.8) is 0 Å². The largest absolute Gasteiger partial charge is 1.00 e. The van der Waals surface area contributed by atoms with Crippen molar-refractivity contribution in [2.45, 2.75) is 9.79 Å². The predicted molar refractivity (Wildman–Crippen MR) is 94.9 cm³/mol. The summed E-state index contributed by atoms with van der Waals surface area (Å²) in [4.78, 5) is 9.61. The number of aromatic nitrogens is 3. The Morgan fingerprint density at radius 2 is 1.57 bits per heavy atom. The van der Waals surface area contributed by atoms with Gasteiger partial charge in [0.25, 0.3) is 10.1 Å². The Balaban J connectivity index is 0.00000280. The summed E-state index contributed by atoms with van der Waals surface area (Å²) in [5, 5.41) is 2.41. The third kappa shape index (κ3) is 5.28. The van der Waals surface area contributed by atoms with E-state index in [9.17, 15) is 25.9 Å². The number of anilines is 2. The van der Waals surface area contributed by atoms with Crippen LogP contribution in [0.3, 0.4) is 0 Å². The van der Waals surface area contributed by atoms with E-state index in [1.807, 2.05) is 0 Å². The fourth-order valence-corrected chi connectivity index (χ4v) is 3.95. The number of halogens is 2. The van der Waals surface area contributed by atoms with E-state index >= 15 is 0 Å². The van der Waals surface area contributed by atoms with Gasteiger partial charge >= 0.3 is 29.6 Å². The van der Waals surface area contributed by atoms with Crippen molar-refractivity contribution in [1.29, 1.82) is 0 Å². The maximum absolute atomic E-state index is 11.7. The summed E-state index contributed by atoms with van der Waals surface area (Å²) in [6, 6.07) is 5.63. The van der Waals surface area contributed by atoms with Crippen LogP contribution in [0.5, 0.6) is 0 Å². The Morgan fingerprint density at radius 3 is 2.11 bits per heavy atom. The van der Waals surface area contributed by atoms with Gasteiger partial charge in [0, 0.05) is 11.1 Å². The number of benzene rings is 2. The molecule has 2 N–H and O–H groups in total. The van der Waals surface area contributed by atoms with Gasteiger partial charge in [-0.25, -0.2) is 8.42 Å². The fraction of sp³-hybridized carbons (Fsp3) is 0. The standard InChI is InChI=1S/C13H8Cl2N4O6S2.Na/c14-11-17-12(15)19-13(18-11)16-7-2-1-6-3-8(26(20,21)22)5-10(9(6)4-7)27(23,24)25;/h1-5H,(H,20,21,22)(H,23,24,25)(H,16,17,18,19);/q;+1/p-1. The van der Waals surface area contributed by atoms with Crippen molar-refractivity contribution >= 4 is 65.8 Å². The van der Waals surface area contributed by atoms with Crippen molar-refractivity contribution < 1.29 is 55.5 Å². The first-order valence-corrected chi connectivity index (χ1v) is 10.4. The van der Waals surface area contributed by atoms with E-state index in [-0.39, 0.29) is 62.5 Å². The molecule has 3 rings (SSSR count). The molecule has 3 aromatic rings. The molecule has 0 amide bonds. The predicted octanol–water partition coefficient (Wildman–Crippen LogP) is -0.770. The minimum absolute atomic E-state index is 0. The van der Waals surface area contributed by atoms with Crippen LogP contribution in [-0.4, -0.2) is 40.9 Å². The minimum atomic E-state index is -4.94. The van der Waals surface area contributed by atoms with Crippen LogP contribution in [0.15, 0.2) is 40.1 Å². The summed E-state index contributed by atoms with van der Waals surface area (Å²) < 4.78 is 66.4. The Bertz CT molecular complexity index is 1270. The van der Waals surface area contributed by atoms with Crippen LogP contribution < -0.4 is 34.9 Å². The second-order valence-corrected chi connectivity index (χ2v) is 8.55. The summed E-state index contributed by atoms with van der Waals surface area (Å²) >= 11 is 11.3. The van der Waals surface area contributed by atoms with Gasteiger partial charge in [-0.3, -0.25) is 4.55 Å². The molecule has 0 unspecified atom stereocenters. The van der Waals surface area contributed by atoms with Crippen LogP contribution in [0.1, 0.15) is 0 Å². The number of nitrogens with zero attached hydrogens (tertiary/aromatic N) is 3. The molecule has 0 saturated carbocycles. The molecule has 28 heavy (non-hydrogen) atoms. The molecule has 0 radical (unpaired) electrons. The van der Waals surface area contributed by atoms with Gasteiger partial charge in [-0.05, 0) is 52.9 Å². The summed E-state index contributed by atoms with van der Waals surface area (Å²) in [6.45, 7) is 0. The summed E-state index contributed by atoms with van der Waals surface area (Å²) in [6.07, 6.45) is 0. The molecule has 1 aromatic heterocycles. The monoisotopic (exact) mass is 472 g/mol. The van der Waals surface area contributed by atoms with Crippen molar-refractivity contribution in [1.82, 2.24) is 15.0 Å². The number of nitrogens with one attached hydrogen (secondary N) is 1. The van der Waals surface area contributed by atoms with Crippen LogP contribution in [0.25, 0.3) is 10.8 Å². The van der Waals surface area contributed by atoms with E-state index < -0.39 is 30.0 Å². The van der Waals surface area contributed by atoms with Gasteiger partial charge in [0.05, 0.1) is 4.90 Å². The molecule has 1 heterocycles. The van der Waals surface area contributed by atoms with Crippen molar-refractivity contribution in [2.24, 2.45) is 0 Å². The van der Waals surface area contributed by atoms with Gasteiger partial charge in [0.2, 0.25) is 16.5 Å². The Hall–Kier alpha value is -1.09. The molecule has 15 heteroatoms. The first kappa shape index (κ1) is 23.2. The second-order valence-electron chi connectivity index (χ2n) is 5.11. The van der Waals surface area contributed by atoms with E-state index in [0.29, 0.717) is 6.07 Å².